The van der Waals surface area contributed by atoms with Crippen LogP contribution in [0.2, 0.25) is 0 Å². The molecule has 6 nitrogen and oxygen atoms in total. The average Bonchev–Trinajstić information content (AvgIpc) is 2.84. The molecule has 98 valence electrons. The fourth-order valence-corrected chi connectivity index (χ4v) is 2.04. The van der Waals surface area contributed by atoms with Gasteiger partial charge in [-0.05, 0) is 26.2 Å². The molecule has 6 heteroatoms. The lowest BCUT2D eigenvalue weighted by atomic mass is 10.2. The molecular weight excluding hydrogens is 234 g/mol. The molecule has 0 saturated carbocycles. The highest BCUT2D eigenvalue weighted by Crippen LogP contribution is 2.20. The molecule has 1 N–H and O–H groups in total. The molecular formula is C12H17N3O3. The van der Waals surface area contributed by atoms with E-state index in [4.69, 9.17) is 4.74 Å². The van der Waals surface area contributed by atoms with Crippen LogP contribution in [0.15, 0.2) is 12.3 Å². The van der Waals surface area contributed by atoms with Gasteiger partial charge in [0.2, 0.25) is 0 Å². The first kappa shape index (κ1) is 12.8. The van der Waals surface area contributed by atoms with Crippen molar-refractivity contribution < 1.29 is 9.66 Å². The first-order chi connectivity index (χ1) is 8.66. The molecule has 18 heavy (non-hydrogen) atoms. The summed E-state index contributed by atoms with van der Waals surface area (Å²) in [7, 11) is 0. The van der Waals surface area contributed by atoms with Crippen LogP contribution in [0.25, 0.3) is 0 Å². The highest BCUT2D eigenvalue weighted by molar-refractivity contribution is 5.48. The summed E-state index contributed by atoms with van der Waals surface area (Å²) in [5.74, 6) is 0.547. The lowest BCUT2D eigenvalue weighted by molar-refractivity contribution is -0.385. The second-order valence-electron chi connectivity index (χ2n) is 4.46. The van der Waals surface area contributed by atoms with Crippen LogP contribution >= 0.6 is 0 Å². The SMILES string of the molecule is Cc1cnc(NCCC2CCCO2)cc1[N+](=O)[O-]. The third-order valence-corrected chi connectivity index (χ3v) is 3.07. The van der Waals surface area contributed by atoms with Gasteiger partial charge in [0.1, 0.15) is 5.82 Å². The molecule has 1 aromatic rings. The zero-order chi connectivity index (χ0) is 13.0. The molecule has 1 aliphatic rings. The summed E-state index contributed by atoms with van der Waals surface area (Å²) < 4.78 is 5.50. The number of nitrogens with one attached hydrogen (secondary N) is 1. The Morgan fingerprint density at radius 1 is 1.67 bits per heavy atom. The molecule has 0 amide bonds. The topological polar surface area (TPSA) is 77.3 Å². The van der Waals surface area contributed by atoms with Crippen molar-refractivity contribution >= 4 is 11.5 Å². The first-order valence-corrected chi connectivity index (χ1v) is 6.13. The van der Waals surface area contributed by atoms with E-state index in [9.17, 15) is 10.1 Å². The summed E-state index contributed by atoms with van der Waals surface area (Å²) in [5, 5.41) is 13.9. The zero-order valence-electron chi connectivity index (χ0n) is 10.4. The predicted octanol–water partition coefficient (Wildman–Crippen LogP) is 2.28. The lowest BCUT2D eigenvalue weighted by Gasteiger charge is -2.10. The number of aromatic nitrogens is 1. The molecule has 1 aliphatic heterocycles. The number of hydrogen-bond acceptors (Lipinski definition) is 5. The molecule has 2 rings (SSSR count). The monoisotopic (exact) mass is 251 g/mol. The van der Waals surface area contributed by atoms with Crippen LogP contribution in [0, 0.1) is 17.0 Å². The van der Waals surface area contributed by atoms with Crippen molar-refractivity contribution in [1.82, 2.24) is 4.98 Å². The maximum absolute atomic E-state index is 10.8. The van der Waals surface area contributed by atoms with Crippen LogP contribution in [0.4, 0.5) is 11.5 Å². The van der Waals surface area contributed by atoms with Crippen molar-refractivity contribution in [2.75, 3.05) is 18.5 Å². The van der Waals surface area contributed by atoms with Crippen LogP contribution < -0.4 is 5.32 Å². The van der Waals surface area contributed by atoms with Crippen LogP contribution in [0.5, 0.6) is 0 Å². The van der Waals surface area contributed by atoms with Crippen LogP contribution in [-0.4, -0.2) is 29.2 Å². The van der Waals surface area contributed by atoms with E-state index in [1.54, 1.807) is 6.92 Å². The van der Waals surface area contributed by atoms with Gasteiger partial charge < -0.3 is 10.1 Å². The molecule has 1 atom stereocenters. The number of nitro groups is 1. The van der Waals surface area contributed by atoms with Gasteiger partial charge in [-0.25, -0.2) is 4.98 Å². The Hall–Kier alpha value is -1.69. The highest BCUT2D eigenvalue weighted by atomic mass is 16.6. The van der Waals surface area contributed by atoms with E-state index < -0.39 is 0 Å². The van der Waals surface area contributed by atoms with Gasteiger partial charge in [-0.1, -0.05) is 0 Å². The number of aryl methyl sites for hydroxylation is 1. The zero-order valence-corrected chi connectivity index (χ0v) is 10.4. The third-order valence-electron chi connectivity index (χ3n) is 3.07. The van der Waals surface area contributed by atoms with Crippen LogP contribution in [0.3, 0.4) is 0 Å². The van der Waals surface area contributed by atoms with Crippen LogP contribution in [0.1, 0.15) is 24.8 Å². The number of hydrogen-bond donors (Lipinski definition) is 1. The van der Waals surface area contributed by atoms with Gasteiger partial charge in [-0.3, -0.25) is 10.1 Å². The van der Waals surface area contributed by atoms with Crippen molar-refractivity contribution in [1.29, 1.82) is 0 Å². The highest BCUT2D eigenvalue weighted by Gasteiger charge is 2.15. The molecule has 0 spiro atoms. The van der Waals surface area contributed by atoms with Gasteiger partial charge >= 0.3 is 0 Å². The molecule has 1 saturated heterocycles. The number of pyridine rings is 1. The Kier molecular flexibility index (Phi) is 4.09. The van der Waals surface area contributed by atoms with E-state index in [1.165, 1.54) is 12.3 Å². The van der Waals surface area contributed by atoms with Crippen molar-refractivity contribution in [3.05, 3.63) is 27.9 Å². The van der Waals surface area contributed by atoms with Gasteiger partial charge in [-0.2, -0.15) is 0 Å². The Balaban J connectivity index is 1.88. The van der Waals surface area contributed by atoms with Gasteiger partial charge in [0.05, 0.1) is 17.1 Å². The Bertz CT molecular complexity index is 431. The summed E-state index contributed by atoms with van der Waals surface area (Å²) in [5.41, 5.74) is 0.675. The van der Waals surface area contributed by atoms with Crippen molar-refractivity contribution in [2.24, 2.45) is 0 Å². The summed E-state index contributed by atoms with van der Waals surface area (Å²) in [6.45, 7) is 3.25. The fraction of sp³-hybridized carbons (Fsp3) is 0.583. The normalized spacial score (nSPS) is 18.8. The van der Waals surface area contributed by atoms with E-state index in [-0.39, 0.29) is 10.6 Å². The molecule has 0 aliphatic carbocycles. The Morgan fingerprint density at radius 2 is 2.50 bits per heavy atom. The Labute approximate surface area is 106 Å². The van der Waals surface area contributed by atoms with Gasteiger partial charge in [0.25, 0.3) is 5.69 Å². The van der Waals surface area contributed by atoms with Crippen molar-refractivity contribution in [3.63, 3.8) is 0 Å². The summed E-state index contributed by atoms with van der Waals surface area (Å²) in [4.78, 5) is 14.5. The van der Waals surface area contributed by atoms with Gasteiger partial charge in [0.15, 0.2) is 0 Å². The predicted molar refractivity (Wildman–Crippen MR) is 67.7 cm³/mol. The number of rotatable bonds is 5. The van der Waals surface area contributed by atoms with Crippen molar-refractivity contribution in [3.8, 4) is 0 Å². The lowest BCUT2D eigenvalue weighted by Crippen LogP contribution is -2.13. The molecule has 1 aromatic heterocycles. The number of ether oxygens (including phenoxy) is 1. The maximum Gasteiger partial charge on any atom is 0.277 e. The largest absolute Gasteiger partial charge is 0.378 e. The summed E-state index contributed by atoms with van der Waals surface area (Å²) in [6, 6.07) is 1.48. The number of anilines is 1. The molecule has 0 radical (unpaired) electrons. The van der Waals surface area contributed by atoms with Crippen LogP contribution in [-0.2, 0) is 4.74 Å². The quantitative estimate of drug-likeness (QED) is 0.641. The smallest absolute Gasteiger partial charge is 0.277 e. The average molecular weight is 251 g/mol. The minimum Gasteiger partial charge on any atom is -0.378 e. The van der Waals surface area contributed by atoms with E-state index >= 15 is 0 Å². The molecule has 1 fully saturated rings. The van der Waals surface area contributed by atoms with Gasteiger partial charge in [-0.15, -0.1) is 0 Å². The summed E-state index contributed by atoms with van der Waals surface area (Å²) in [6.07, 6.45) is 4.97. The third kappa shape index (κ3) is 3.16. The van der Waals surface area contributed by atoms with Crippen molar-refractivity contribution in [2.45, 2.75) is 32.3 Å². The van der Waals surface area contributed by atoms with E-state index in [1.807, 2.05) is 0 Å². The fourth-order valence-electron chi connectivity index (χ4n) is 2.04. The van der Waals surface area contributed by atoms with E-state index in [0.29, 0.717) is 17.5 Å². The second kappa shape index (κ2) is 5.77. The maximum atomic E-state index is 10.8. The van der Waals surface area contributed by atoms with Gasteiger partial charge in [0, 0.05) is 24.9 Å². The summed E-state index contributed by atoms with van der Waals surface area (Å²) >= 11 is 0. The minimum atomic E-state index is -0.387. The second-order valence-corrected chi connectivity index (χ2v) is 4.46. The first-order valence-electron chi connectivity index (χ1n) is 6.13. The molecule has 2 heterocycles. The number of nitrogens with zero attached hydrogens (tertiary/aromatic N) is 2. The van der Waals surface area contributed by atoms with E-state index in [0.717, 1.165) is 32.4 Å². The molecule has 1 unspecified atom stereocenters. The minimum absolute atomic E-state index is 0.101. The molecule has 0 aromatic carbocycles. The molecule has 0 bridgehead atoms. The standard InChI is InChI=1S/C12H17N3O3/c1-9-8-14-12(7-11(9)15(16)17)13-5-4-10-3-2-6-18-10/h7-8,10H,2-6H2,1H3,(H,13,14). The Morgan fingerprint density at radius 3 is 3.17 bits per heavy atom. The van der Waals surface area contributed by atoms with E-state index in [2.05, 4.69) is 10.3 Å².